The molecule has 3 rings (SSSR count). The Bertz CT molecular complexity index is 745. The van der Waals surface area contributed by atoms with Gasteiger partial charge in [0.1, 0.15) is 6.04 Å². The van der Waals surface area contributed by atoms with Crippen molar-refractivity contribution in [3.63, 3.8) is 0 Å². The van der Waals surface area contributed by atoms with Crippen molar-refractivity contribution in [2.24, 2.45) is 0 Å². The highest BCUT2D eigenvalue weighted by molar-refractivity contribution is 5.73. The van der Waals surface area contributed by atoms with E-state index in [2.05, 4.69) is 10.1 Å². The lowest BCUT2D eigenvalue weighted by atomic mass is 10.1. The normalized spacial score (nSPS) is 18.9. The Kier molecular flexibility index (Phi) is 4.27. The number of likely N-dealkylation sites (tertiary alicyclic amines) is 1. The van der Waals surface area contributed by atoms with Crippen molar-refractivity contribution in [3.8, 4) is 11.4 Å². The molecule has 24 heavy (non-hydrogen) atoms. The minimum Gasteiger partial charge on any atom is -0.480 e. The van der Waals surface area contributed by atoms with Crippen LogP contribution in [0.2, 0.25) is 0 Å². The van der Waals surface area contributed by atoms with Crippen molar-refractivity contribution in [2.75, 3.05) is 6.54 Å². The van der Waals surface area contributed by atoms with E-state index in [9.17, 15) is 18.0 Å². The molecule has 1 saturated heterocycles. The van der Waals surface area contributed by atoms with Crippen molar-refractivity contribution in [3.05, 3.63) is 35.7 Å². The molecule has 128 valence electrons. The Morgan fingerprint density at radius 2 is 2.21 bits per heavy atom. The number of benzene rings is 1. The number of carboxylic acids is 1. The molecule has 1 fully saturated rings. The number of nitrogens with zero attached hydrogens (tertiary/aromatic N) is 3. The first-order valence-corrected chi connectivity index (χ1v) is 7.31. The lowest BCUT2D eigenvalue weighted by molar-refractivity contribution is -0.142. The van der Waals surface area contributed by atoms with Gasteiger partial charge in [0.05, 0.1) is 12.1 Å². The van der Waals surface area contributed by atoms with Crippen LogP contribution < -0.4 is 0 Å². The molecule has 0 spiro atoms. The predicted octanol–water partition coefficient (Wildman–Crippen LogP) is 2.80. The largest absolute Gasteiger partial charge is 0.480 e. The van der Waals surface area contributed by atoms with Gasteiger partial charge in [-0.25, -0.2) is 0 Å². The summed E-state index contributed by atoms with van der Waals surface area (Å²) in [7, 11) is 0. The number of alkyl halides is 3. The standard InChI is InChI=1S/C15H14F3N3O3/c16-15(17,18)10-4-1-3-9(7-10)13-19-12(24-20-13)8-21-6-2-5-11(21)14(22)23/h1,3-4,7,11H,2,5-6,8H2,(H,22,23)/t11-/m0/s1. The van der Waals surface area contributed by atoms with E-state index in [1.165, 1.54) is 12.1 Å². The number of hydrogen-bond acceptors (Lipinski definition) is 5. The zero-order chi connectivity index (χ0) is 17.3. The molecule has 1 aromatic heterocycles. The van der Waals surface area contributed by atoms with Crippen molar-refractivity contribution in [2.45, 2.75) is 31.6 Å². The van der Waals surface area contributed by atoms with Crippen LogP contribution in [0.25, 0.3) is 11.4 Å². The summed E-state index contributed by atoms with van der Waals surface area (Å²) in [6, 6.07) is 4.04. The molecule has 0 unspecified atom stereocenters. The van der Waals surface area contributed by atoms with Gasteiger partial charge >= 0.3 is 12.1 Å². The molecule has 1 N–H and O–H groups in total. The van der Waals surface area contributed by atoms with Crippen molar-refractivity contribution < 1.29 is 27.6 Å². The summed E-state index contributed by atoms with van der Waals surface area (Å²) in [5, 5.41) is 12.8. The van der Waals surface area contributed by atoms with E-state index in [0.717, 1.165) is 18.6 Å². The van der Waals surface area contributed by atoms with E-state index >= 15 is 0 Å². The molecule has 6 nitrogen and oxygen atoms in total. The third kappa shape index (κ3) is 3.40. The van der Waals surface area contributed by atoms with Gasteiger partial charge in [-0.3, -0.25) is 9.69 Å². The number of aromatic nitrogens is 2. The van der Waals surface area contributed by atoms with E-state index in [1.807, 2.05) is 0 Å². The fourth-order valence-corrected chi connectivity index (χ4v) is 2.74. The minimum absolute atomic E-state index is 0.0437. The number of halogens is 3. The molecule has 0 aliphatic carbocycles. The maximum atomic E-state index is 12.8. The monoisotopic (exact) mass is 341 g/mol. The summed E-state index contributed by atoms with van der Waals surface area (Å²) in [6.45, 7) is 0.751. The average Bonchev–Trinajstić information content (AvgIpc) is 3.16. The molecule has 1 aromatic carbocycles. The Hall–Kier alpha value is -2.42. The molecule has 2 heterocycles. The van der Waals surface area contributed by atoms with Crippen LogP contribution in [0.1, 0.15) is 24.3 Å². The summed E-state index contributed by atoms with van der Waals surface area (Å²) >= 11 is 0. The van der Waals surface area contributed by atoms with Crippen LogP contribution >= 0.6 is 0 Å². The summed E-state index contributed by atoms with van der Waals surface area (Å²) in [4.78, 5) is 16.9. The second-order valence-corrected chi connectivity index (χ2v) is 5.56. The number of carbonyl (C=O) groups is 1. The molecular weight excluding hydrogens is 327 g/mol. The van der Waals surface area contributed by atoms with Crippen LogP contribution in [0.15, 0.2) is 28.8 Å². The Labute approximate surface area is 134 Å². The van der Waals surface area contributed by atoms with Crippen molar-refractivity contribution in [1.82, 2.24) is 15.0 Å². The molecule has 9 heteroatoms. The van der Waals surface area contributed by atoms with Crippen LogP contribution in [0.4, 0.5) is 13.2 Å². The molecule has 0 saturated carbocycles. The highest BCUT2D eigenvalue weighted by atomic mass is 19.4. The number of rotatable bonds is 4. The topological polar surface area (TPSA) is 79.5 Å². The Morgan fingerprint density at radius 3 is 2.92 bits per heavy atom. The first-order chi connectivity index (χ1) is 11.3. The van der Waals surface area contributed by atoms with Crippen molar-refractivity contribution in [1.29, 1.82) is 0 Å². The predicted molar refractivity (Wildman–Crippen MR) is 75.8 cm³/mol. The molecule has 0 amide bonds. The summed E-state index contributed by atoms with van der Waals surface area (Å²) in [5.41, 5.74) is -0.604. The first kappa shape index (κ1) is 16.4. The van der Waals surface area contributed by atoms with E-state index in [1.54, 1.807) is 4.90 Å². The second-order valence-electron chi connectivity index (χ2n) is 5.56. The van der Waals surface area contributed by atoms with Gasteiger partial charge in [0.25, 0.3) is 0 Å². The van der Waals surface area contributed by atoms with Gasteiger partial charge in [-0.15, -0.1) is 0 Å². The zero-order valence-corrected chi connectivity index (χ0v) is 12.5. The van der Waals surface area contributed by atoms with Gasteiger partial charge in [0, 0.05) is 5.56 Å². The first-order valence-electron chi connectivity index (χ1n) is 7.31. The molecular formula is C15H14F3N3O3. The van der Waals surface area contributed by atoms with Gasteiger partial charge in [0.15, 0.2) is 0 Å². The summed E-state index contributed by atoms with van der Waals surface area (Å²) in [6.07, 6.45) is -3.15. The Morgan fingerprint density at radius 1 is 1.42 bits per heavy atom. The molecule has 1 aliphatic rings. The molecule has 1 aliphatic heterocycles. The summed E-state index contributed by atoms with van der Waals surface area (Å²) < 4.78 is 43.3. The number of hydrogen-bond donors (Lipinski definition) is 1. The van der Waals surface area contributed by atoms with Crippen LogP contribution in [0.5, 0.6) is 0 Å². The number of aliphatic carboxylic acids is 1. The van der Waals surface area contributed by atoms with E-state index in [4.69, 9.17) is 9.63 Å². The molecule has 1 atom stereocenters. The van der Waals surface area contributed by atoms with Crippen LogP contribution in [-0.2, 0) is 17.5 Å². The quantitative estimate of drug-likeness (QED) is 0.921. The zero-order valence-electron chi connectivity index (χ0n) is 12.5. The third-order valence-electron chi connectivity index (χ3n) is 3.90. The van der Waals surface area contributed by atoms with Gasteiger partial charge in [-0.2, -0.15) is 18.2 Å². The molecule has 2 aromatic rings. The van der Waals surface area contributed by atoms with Gasteiger partial charge in [-0.05, 0) is 31.5 Å². The van der Waals surface area contributed by atoms with E-state index < -0.39 is 23.8 Å². The van der Waals surface area contributed by atoms with Crippen LogP contribution in [0.3, 0.4) is 0 Å². The fraction of sp³-hybridized carbons (Fsp3) is 0.400. The van der Waals surface area contributed by atoms with Gasteiger partial charge in [0.2, 0.25) is 11.7 Å². The van der Waals surface area contributed by atoms with Gasteiger partial charge in [-0.1, -0.05) is 17.3 Å². The van der Waals surface area contributed by atoms with Crippen LogP contribution in [-0.4, -0.2) is 38.7 Å². The molecule has 0 bridgehead atoms. The minimum atomic E-state index is -4.45. The highest BCUT2D eigenvalue weighted by Gasteiger charge is 2.32. The Balaban J connectivity index is 1.78. The highest BCUT2D eigenvalue weighted by Crippen LogP contribution is 2.31. The maximum absolute atomic E-state index is 12.8. The van der Waals surface area contributed by atoms with E-state index in [0.29, 0.717) is 13.0 Å². The second kappa shape index (κ2) is 6.23. The van der Waals surface area contributed by atoms with E-state index in [-0.39, 0.29) is 23.8 Å². The average molecular weight is 341 g/mol. The summed E-state index contributed by atoms with van der Waals surface area (Å²) in [5.74, 6) is -0.692. The molecule has 0 radical (unpaired) electrons. The maximum Gasteiger partial charge on any atom is 0.416 e. The number of carboxylic acid groups (broad SMARTS) is 1. The SMILES string of the molecule is O=C(O)[C@@H]1CCCN1Cc1nc(-c2cccc(C(F)(F)F)c2)no1. The lowest BCUT2D eigenvalue weighted by Crippen LogP contribution is -2.35. The van der Waals surface area contributed by atoms with Crippen molar-refractivity contribution >= 4 is 5.97 Å². The van der Waals surface area contributed by atoms with Gasteiger partial charge < -0.3 is 9.63 Å². The fourth-order valence-electron chi connectivity index (χ4n) is 2.74. The third-order valence-corrected chi connectivity index (χ3v) is 3.90. The smallest absolute Gasteiger partial charge is 0.416 e. The van der Waals surface area contributed by atoms with Crippen LogP contribution in [0, 0.1) is 0 Å². The lowest BCUT2D eigenvalue weighted by Gasteiger charge is -2.18.